The average molecular weight is 206 g/mol. The maximum atomic E-state index is 12.8. The van der Waals surface area contributed by atoms with Crippen LogP contribution in [0.5, 0.6) is 0 Å². The molecule has 0 aliphatic rings. The molecule has 1 aromatic heterocycles. The van der Waals surface area contributed by atoms with Gasteiger partial charge in [-0.15, -0.1) is 0 Å². The van der Waals surface area contributed by atoms with Crippen LogP contribution in [0.25, 0.3) is 0 Å². The number of hydrogen-bond acceptors (Lipinski definition) is 3. The van der Waals surface area contributed by atoms with E-state index in [4.69, 9.17) is 5.11 Å². The van der Waals surface area contributed by atoms with Crippen LogP contribution in [-0.2, 0) is 4.79 Å². The van der Waals surface area contributed by atoms with Gasteiger partial charge in [-0.05, 0) is 6.92 Å². The van der Waals surface area contributed by atoms with Gasteiger partial charge in [0, 0.05) is 0 Å². The second-order valence-corrected chi connectivity index (χ2v) is 2.55. The zero-order valence-corrected chi connectivity index (χ0v) is 6.96. The Hall–Kier alpha value is -1.66. The Kier molecular flexibility index (Phi) is 2.68. The molecule has 7 heteroatoms. The van der Waals surface area contributed by atoms with Gasteiger partial charge in [0.15, 0.2) is 0 Å². The molecule has 1 atom stereocenters. The minimum Gasteiger partial charge on any atom is -0.481 e. The fourth-order valence-electron chi connectivity index (χ4n) is 0.873. The lowest BCUT2D eigenvalue weighted by atomic mass is 10.0. The quantitative estimate of drug-likeness (QED) is 0.581. The first-order valence-electron chi connectivity index (χ1n) is 3.54. The Morgan fingerprint density at radius 2 is 1.71 bits per heavy atom. The Morgan fingerprint density at radius 3 is 2.07 bits per heavy atom. The topological polar surface area (TPSA) is 63.1 Å². The minimum atomic E-state index is -1.57. The van der Waals surface area contributed by atoms with Crippen LogP contribution in [0, 0.1) is 18.0 Å². The SMILES string of the molecule is CC(C(=O)O)c1c(F)nc(F)nc1F. The summed E-state index contributed by atoms with van der Waals surface area (Å²) >= 11 is 0. The van der Waals surface area contributed by atoms with E-state index >= 15 is 0 Å². The van der Waals surface area contributed by atoms with Crippen molar-refractivity contribution in [3.63, 3.8) is 0 Å². The van der Waals surface area contributed by atoms with Crippen molar-refractivity contribution < 1.29 is 23.1 Å². The van der Waals surface area contributed by atoms with Crippen molar-refractivity contribution >= 4 is 5.97 Å². The molecule has 1 unspecified atom stereocenters. The van der Waals surface area contributed by atoms with Crippen LogP contribution in [0.3, 0.4) is 0 Å². The Bertz CT molecular complexity index is 360. The molecule has 0 fully saturated rings. The lowest BCUT2D eigenvalue weighted by Crippen LogP contribution is -2.15. The summed E-state index contributed by atoms with van der Waals surface area (Å²) in [4.78, 5) is 15.6. The molecule has 1 rings (SSSR count). The Balaban J connectivity index is 3.27. The first-order chi connectivity index (χ1) is 6.43. The highest BCUT2D eigenvalue weighted by Crippen LogP contribution is 2.19. The van der Waals surface area contributed by atoms with Crippen molar-refractivity contribution in [1.82, 2.24) is 9.97 Å². The molecular weight excluding hydrogens is 201 g/mol. The van der Waals surface area contributed by atoms with Crippen LogP contribution in [0.4, 0.5) is 13.2 Å². The molecule has 0 aliphatic heterocycles. The van der Waals surface area contributed by atoms with Gasteiger partial charge >= 0.3 is 12.0 Å². The van der Waals surface area contributed by atoms with Gasteiger partial charge < -0.3 is 5.11 Å². The number of hydrogen-bond donors (Lipinski definition) is 1. The summed E-state index contributed by atoms with van der Waals surface area (Å²) in [6.07, 6.45) is -1.57. The van der Waals surface area contributed by atoms with Gasteiger partial charge in [0.1, 0.15) is 0 Å². The first-order valence-corrected chi connectivity index (χ1v) is 3.54. The number of carbonyl (C=O) groups is 1. The second-order valence-electron chi connectivity index (χ2n) is 2.55. The number of nitrogens with zero attached hydrogens (tertiary/aromatic N) is 2. The van der Waals surface area contributed by atoms with E-state index in [1.807, 2.05) is 0 Å². The van der Waals surface area contributed by atoms with Gasteiger partial charge in [-0.2, -0.15) is 23.1 Å². The molecule has 1 aromatic rings. The van der Waals surface area contributed by atoms with Crippen LogP contribution in [0.2, 0.25) is 0 Å². The summed E-state index contributed by atoms with van der Waals surface area (Å²) in [6.45, 7) is 1.05. The van der Waals surface area contributed by atoms with E-state index in [2.05, 4.69) is 9.97 Å². The normalized spacial score (nSPS) is 12.6. The van der Waals surface area contributed by atoms with Gasteiger partial charge in [0.2, 0.25) is 11.9 Å². The molecule has 14 heavy (non-hydrogen) atoms. The number of carboxylic acid groups (broad SMARTS) is 1. The molecule has 0 bridgehead atoms. The molecule has 0 aliphatic carbocycles. The molecule has 0 aromatic carbocycles. The smallest absolute Gasteiger partial charge is 0.313 e. The van der Waals surface area contributed by atoms with E-state index in [1.165, 1.54) is 0 Å². The predicted octanol–water partition coefficient (Wildman–Crippen LogP) is 1.08. The van der Waals surface area contributed by atoms with Gasteiger partial charge in [-0.3, -0.25) is 4.79 Å². The zero-order chi connectivity index (χ0) is 10.9. The van der Waals surface area contributed by atoms with Crippen molar-refractivity contribution in [2.45, 2.75) is 12.8 Å². The zero-order valence-electron chi connectivity index (χ0n) is 6.96. The van der Waals surface area contributed by atoms with Crippen molar-refractivity contribution in [3.05, 3.63) is 23.5 Å². The highest BCUT2D eigenvalue weighted by atomic mass is 19.2. The highest BCUT2D eigenvalue weighted by molar-refractivity contribution is 5.75. The molecule has 0 saturated carbocycles. The van der Waals surface area contributed by atoms with Crippen molar-refractivity contribution in [2.75, 3.05) is 0 Å². The average Bonchev–Trinajstić information content (AvgIpc) is 2.01. The third-order valence-electron chi connectivity index (χ3n) is 1.63. The van der Waals surface area contributed by atoms with Crippen LogP contribution in [-0.4, -0.2) is 21.0 Å². The van der Waals surface area contributed by atoms with Gasteiger partial charge in [-0.25, -0.2) is 0 Å². The summed E-state index contributed by atoms with van der Waals surface area (Å²) < 4.78 is 37.9. The number of halogens is 3. The van der Waals surface area contributed by atoms with E-state index in [0.29, 0.717) is 0 Å². The third kappa shape index (κ3) is 1.81. The second kappa shape index (κ2) is 3.60. The van der Waals surface area contributed by atoms with E-state index in [1.54, 1.807) is 0 Å². The van der Waals surface area contributed by atoms with E-state index in [-0.39, 0.29) is 0 Å². The first kappa shape index (κ1) is 10.4. The summed E-state index contributed by atoms with van der Waals surface area (Å²) in [6, 6.07) is 0. The van der Waals surface area contributed by atoms with Gasteiger partial charge in [0.05, 0.1) is 11.5 Å². The fourth-order valence-corrected chi connectivity index (χ4v) is 0.873. The minimum absolute atomic E-state index is 0.848. The van der Waals surface area contributed by atoms with Gasteiger partial charge in [0.25, 0.3) is 0 Å². The van der Waals surface area contributed by atoms with Crippen LogP contribution in [0.15, 0.2) is 0 Å². The summed E-state index contributed by atoms with van der Waals surface area (Å²) in [5, 5.41) is 8.47. The van der Waals surface area contributed by atoms with Crippen molar-refractivity contribution in [1.29, 1.82) is 0 Å². The monoisotopic (exact) mass is 206 g/mol. The molecule has 0 saturated heterocycles. The maximum absolute atomic E-state index is 12.8. The van der Waals surface area contributed by atoms with E-state index in [0.717, 1.165) is 6.92 Å². The Labute approximate surface area is 76.4 Å². The van der Waals surface area contributed by atoms with Gasteiger partial charge in [-0.1, -0.05) is 0 Å². The number of aromatic nitrogens is 2. The molecule has 0 amide bonds. The van der Waals surface area contributed by atoms with E-state index in [9.17, 15) is 18.0 Å². The molecule has 76 valence electrons. The van der Waals surface area contributed by atoms with Crippen LogP contribution >= 0.6 is 0 Å². The lowest BCUT2D eigenvalue weighted by Gasteiger charge is -2.06. The largest absolute Gasteiger partial charge is 0.481 e. The van der Waals surface area contributed by atoms with Crippen molar-refractivity contribution in [3.8, 4) is 0 Å². The van der Waals surface area contributed by atoms with Crippen LogP contribution < -0.4 is 0 Å². The molecule has 0 spiro atoms. The van der Waals surface area contributed by atoms with Crippen LogP contribution in [0.1, 0.15) is 18.4 Å². The highest BCUT2D eigenvalue weighted by Gasteiger charge is 2.25. The third-order valence-corrected chi connectivity index (χ3v) is 1.63. The number of aliphatic carboxylic acids is 1. The molecule has 0 radical (unpaired) electrons. The van der Waals surface area contributed by atoms with Crippen molar-refractivity contribution in [2.24, 2.45) is 0 Å². The maximum Gasteiger partial charge on any atom is 0.313 e. The predicted molar refractivity (Wildman–Crippen MR) is 38.0 cm³/mol. The molecule has 1 heterocycles. The van der Waals surface area contributed by atoms with E-state index < -0.39 is 35.4 Å². The summed E-state index contributed by atoms with van der Waals surface area (Å²) in [7, 11) is 0. The summed E-state index contributed by atoms with van der Waals surface area (Å²) in [5.41, 5.74) is -0.848. The fraction of sp³-hybridized carbons (Fsp3) is 0.286. The Morgan fingerprint density at radius 1 is 1.29 bits per heavy atom. The molecule has 4 nitrogen and oxygen atoms in total. The molecular formula is C7H5F3N2O2. The standard InChI is InChI=1S/C7H5F3N2O2/c1-2(6(13)14)3-4(8)11-7(10)12-5(3)9/h2H,1H3,(H,13,14). The summed E-state index contributed by atoms with van der Waals surface area (Å²) in [5.74, 6) is -5.90. The lowest BCUT2D eigenvalue weighted by molar-refractivity contribution is -0.138. The number of carboxylic acids is 1. The molecule has 1 N–H and O–H groups in total. The number of rotatable bonds is 2.